The normalized spacial score (nSPS) is 12.7. The summed E-state index contributed by atoms with van der Waals surface area (Å²) in [6.07, 6.45) is 1.45. The molecule has 0 saturated carbocycles. The fraction of sp³-hybridized carbons (Fsp3) is 0.121. The standard InChI is InChI=1S/C22H17N2OS.C11H8N.Ir/c1-22(2,3)21-24-17-12-18-15(11-19(17)26-21)13-7-6-8-14(20(13)25-18)16-9-4-5-10-23-16;1-2-6-10(7-3-1)11-8-4-5-9-12-11;/h4-7,9-12H,1-3H3;1-6,8-9H;/q2*-1;/i4D,5D,9D,10D;;. The van der Waals surface area contributed by atoms with Gasteiger partial charge in [-0.3, -0.25) is 0 Å². The molecule has 7 rings (SSSR count). The second kappa shape index (κ2) is 11.2. The Morgan fingerprint density at radius 3 is 2.54 bits per heavy atom. The van der Waals surface area contributed by atoms with Crippen LogP contribution in [0.5, 0.6) is 0 Å². The first kappa shape index (κ1) is 22.2. The van der Waals surface area contributed by atoms with Gasteiger partial charge in [0.2, 0.25) is 0 Å². The van der Waals surface area contributed by atoms with E-state index in [9.17, 15) is 0 Å². The largest absolute Gasteiger partial charge is 0.501 e. The van der Waals surface area contributed by atoms with Crippen molar-refractivity contribution in [3.8, 4) is 22.5 Å². The van der Waals surface area contributed by atoms with E-state index in [2.05, 4.69) is 48.9 Å². The van der Waals surface area contributed by atoms with Gasteiger partial charge >= 0.3 is 0 Å². The van der Waals surface area contributed by atoms with E-state index in [4.69, 9.17) is 14.9 Å². The number of fused-ring (bicyclic) bond motifs is 4. The third kappa shape index (κ3) is 5.55. The van der Waals surface area contributed by atoms with E-state index < -0.39 is 0 Å². The zero-order chi connectivity index (χ0) is 29.6. The minimum absolute atomic E-state index is 0. The van der Waals surface area contributed by atoms with Crippen molar-refractivity contribution in [2.75, 3.05) is 0 Å². The van der Waals surface area contributed by atoms with Crippen LogP contribution < -0.4 is 0 Å². The Morgan fingerprint density at radius 2 is 1.77 bits per heavy atom. The van der Waals surface area contributed by atoms with Gasteiger partial charge in [0, 0.05) is 49.3 Å². The molecule has 0 unspecified atom stereocenters. The summed E-state index contributed by atoms with van der Waals surface area (Å²) in [4.78, 5) is 13.1. The predicted molar refractivity (Wildman–Crippen MR) is 156 cm³/mol. The van der Waals surface area contributed by atoms with Crippen molar-refractivity contribution >= 4 is 43.5 Å². The zero-order valence-electron chi connectivity index (χ0n) is 25.4. The molecule has 0 atom stereocenters. The van der Waals surface area contributed by atoms with E-state index in [-0.39, 0.29) is 55.5 Å². The second-order valence-electron chi connectivity index (χ2n) is 9.72. The molecular formula is C33H25IrN3OS-2. The monoisotopic (exact) mass is 708 g/mol. The first-order valence-electron chi connectivity index (χ1n) is 14.1. The maximum Gasteiger partial charge on any atom is 0.123 e. The molecule has 195 valence electrons. The molecular weight excluding hydrogens is 679 g/mol. The molecule has 0 bridgehead atoms. The van der Waals surface area contributed by atoms with Crippen molar-refractivity contribution in [2.45, 2.75) is 26.2 Å². The smallest absolute Gasteiger partial charge is 0.123 e. The number of nitrogens with zero attached hydrogens (tertiary/aromatic N) is 3. The average Bonchev–Trinajstić information content (AvgIpc) is 3.59. The molecule has 0 aliphatic carbocycles. The van der Waals surface area contributed by atoms with Crippen molar-refractivity contribution in [3.05, 3.63) is 114 Å². The first-order chi connectivity index (χ1) is 20.1. The van der Waals surface area contributed by atoms with Crippen LogP contribution >= 0.6 is 11.3 Å². The number of hydrogen-bond donors (Lipinski definition) is 0. The Kier molecular flexibility index (Phi) is 6.36. The SMILES string of the molecule is [2H]c1nc(-c2[c-]ccc3c2oc2cc4nc(C(C)(C)C)sc4cc23)c([2H])c([2H])c1[2H].[Ir].[c-]1ccccc1-c1ccccn1. The summed E-state index contributed by atoms with van der Waals surface area (Å²) >= 11 is 1.67. The minimum Gasteiger partial charge on any atom is -0.501 e. The van der Waals surface area contributed by atoms with Crippen LogP contribution in [0.2, 0.25) is 0 Å². The zero-order valence-corrected chi connectivity index (χ0v) is 24.6. The van der Waals surface area contributed by atoms with Gasteiger partial charge in [0.1, 0.15) is 5.58 Å². The molecule has 39 heavy (non-hydrogen) atoms. The molecule has 4 aromatic heterocycles. The molecule has 4 heterocycles. The van der Waals surface area contributed by atoms with Crippen molar-refractivity contribution in [3.63, 3.8) is 0 Å². The molecule has 1 radical (unpaired) electrons. The van der Waals surface area contributed by atoms with Crippen molar-refractivity contribution in [1.29, 1.82) is 0 Å². The summed E-state index contributed by atoms with van der Waals surface area (Å²) in [5.41, 5.74) is 4.57. The summed E-state index contributed by atoms with van der Waals surface area (Å²) in [5, 5.41) is 2.84. The van der Waals surface area contributed by atoms with Gasteiger partial charge in [-0.05, 0) is 29.6 Å². The van der Waals surface area contributed by atoms with E-state index in [1.54, 1.807) is 23.6 Å². The van der Waals surface area contributed by atoms with Crippen LogP contribution in [0.4, 0.5) is 0 Å². The number of thiazole rings is 1. The minimum atomic E-state index is -0.360. The predicted octanol–water partition coefficient (Wildman–Crippen LogP) is 8.90. The van der Waals surface area contributed by atoms with Crippen LogP contribution in [-0.4, -0.2) is 15.0 Å². The molecule has 0 aliphatic heterocycles. The van der Waals surface area contributed by atoms with Gasteiger partial charge in [0.25, 0.3) is 0 Å². The summed E-state index contributed by atoms with van der Waals surface area (Å²) < 4.78 is 39.0. The third-order valence-electron chi connectivity index (χ3n) is 5.94. The van der Waals surface area contributed by atoms with E-state index in [1.165, 1.54) is 0 Å². The number of pyridine rings is 2. The van der Waals surface area contributed by atoms with Crippen molar-refractivity contribution in [1.82, 2.24) is 15.0 Å². The van der Waals surface area contributed by atoms with Crippen LogP contribution in [0.15, 0.2) is 102 Å². The quantitative estimate of drug-likeness (QED) is 0.169. The van der Waals surface area contributed by atoms with E-state index in [1.807, 2.05) is 54.6 Å². The maximum atomic E-state index is 8.23. The number of furan rings is 1. The average molecular weight is 708 g/mol. The van der Waals surface area contributed by atoms with Crippen molar-refractivity contribution < 1.29 is 30.0 Å². The number of hydrogen-bond acceptors (Lipinski definition) is 5. The molecule has 6 heteroatoms. The van der Waals surface area contributed by atoms with Crippen LogP contribution in [0, 0.1) is 12.1 Å². The molecule has 0 fully saturated rings. The summed E-state index contributed by atoms with van der Waals surface area (Å²) in [5.74, 6) is 0. The van der Waals surface area contributed by atoms with Gasteiger partial charge in [-0.1, -0.05) is 55.9 Å². The van der Waals surface area contributed by atoms with Gasteiger partial charge in [0.15, 0.2) is 0 Å². The molecule has 0 aliphatic rings. The van der Waals surface area contributed by atoms with E-state index >= 15 is 0 Å². The van der Waals surface area contributed by atoms with Crippen LogP contribution in [0.3, 0.4) is 0 Å². The van der Waals surface area contributed by atoms with Crippen molar-refractivity contribution in [2.24, 2.45) is 0 Å². The molecule has 4 nitrogen and oxygen atoms in total. The molecule has 0 N–H and O–H groups in total. The van der Waals surface area contributed by atoms with E-state index in [0.717, 1.165) is 37.3 Å². The van der Waals surface area contributed by atoms with Gasteiger partial charge in [-0.15, -0.1) is 65.4 Å². The number of benzene rings is 3. The maximum absolute atomic E-state index is 8.23. The van der Waals surface area contributed by atoms with Crippen LogP contribution in [-0.2, 0) is 25.5 Å². The number of rotatable bonds is 2. The summed E-state index contributed by atoms with van der Waals surface area (Å²) in [6, 6.07) is 26.6. The fourth-order valence-corrected chi connectivity index (χ4v) is 5.13. The fourth-order valence-electron chi connectivity index (χ4n) is 4.08. The molecule has 3 aromatic carbocycles. The van der Waals surface area contributed by atoms with Gasteiger partial charge < -0.3 is 14.4 Å². The Morgan fingerprint density at radius 1 is 0.897 bits per heavy atom. The topological polar surface area (TPSA) is 51.8 Å². The Labute approximate surface area is 250 Å². The number of aromatic nitrogens is 3. The van der Waals surface area contributed by atoms with Gasteiger partial charge in [-0.25, -0.2) is 4.98 Å². The second-order valence-corrected chi connectivity index (χ2v) is 10.8. The molecule has 7 aromatic rings. The third-order valence-corrected chi connectivity index (χ3v) is 7.38. The Bertz CT molecular complexity index is 2040. The molecule has 0 saturated heterocycles. The molecule has 0 amide bonds. The van der Waals surface area contributed by atoms with Crippen LogP contribution in [0.1, 0.15) is 31.3 Å². The Balaban J connectivity index is 0.000000238. The Hall–Kier alpha value is -3.70. The summed E-state index contributed by atoms with van der Waals surface area (Å²) in [6.45, 7) is 6.42. The summed E-state index contributed by atoms with van der Waals surface area (Å²) in [7, 11) is 0. The van der Waals surface area contributed by atoms with Gasteiger partial charge in [0.05, 0.1) is 26.3 Å². The molecule has 0 spiro atoms. The van der Waals surface area contributed by atoms with Gasteiger partial charge in [-0.2, -0.15) is 0 Å². The first-order valence-corrected chi connectivity index (χ1v) is 12.9. The van der Waals surface area contributed by atoms with Crippen LogP contribution in [0.25, 0.3) is 54.7 Å². The van der Waals surface area contributed by atoms with E-state index in [0.29, 0.717) is 16.7 Å².